The van der Waals surface area contributed by atoms with E-state index >= 15 is 0 Å². The molecule has 0 saturated carbocycles. The van der Waals surface area contributed by atoms with Gasteiger partial charge in [0.1, 0.15) is 0 Å². The van der Waals surface area contributed by atoms with E-state index in [4.69, 9.17) is 4.43 Å². The highest BCUT2D eigenvalue weighted by atomic mass is 28.4. The van der Waals surface area contributed by atoms with Gasteiger partial charge in [-0.3, -0.25) is 0 Å². The maximum atomic E-state index is 9.73. The summed E-state index contributed by atoms with van der Waals surface area (Å²) in [7, 11) is -1.58. The predicted octanol–water partition coefficient (Wildman–Crippen LogP) is 4.34. The van der Waals surface area contributed by atoms with Crippen LogP contribution < -0.4 is 0 Å². The molecule has 0 spiro atoms. The van der Waals surface area contributed by atoms with Gasteiger partial charge in [-0.1, -0.05) is 40.5 Å². The van der Waals surface area contributed by atoms with Crippen LogP contribution in [0.15, 0.2) is 0 Å². The molecular weight excluding hydrogens is 228 g/mol. The highest BCUT2D eigenvalue weighted by Gasteiger charge is 2.36. The molecular formula is C14H32O2Si. The number of unbranched alkanes of at least 4 members (excludes halogenated alkanes) is 1. The number of aliphatic hydroxyl groups is 1. The lowest BCUT2D eigenvalue weighted by Crippen LogP contribution is -2.41. The molecule has 1 N–H and O–H groups in total. The zero-order valence-corrected chi connectivity index (χ0v) is 13.7. The molecule has 0 bridgehead atoms. The summed E-state index contributed by atoms with van der Waals surface area (Å²) >= 11 is 0. The molecule has 0 aromatic heterocycles. The van der Waals surface area contributed by atoms with E-state index < -0.39 is 8.32 Å². The minimum absolute atomic E-state index is 0.127. The van der Waals surface area contributed by atoms with Crippen LogP contribution in [0.2, 0.25) is 18.1 Å². The Balaban J connectivity index is 3.71. The summed E-state index contributed by atoms with van der Waals surface area (Å²) in [6.07, 6.45) is 4.97. The van der Waals surface area contributed by atoms with Gasteiger partial charge < -0.3 is 9.53 Å². The van der Waals surface area contributed by atoms with Crippen molar-refractivity contribution >= 4 is 8.32 Å². The molecule has 0 aliphatic rings. The van der Waals surface area contributed by atoms with Gasteiger partial charge in [-0.05, 0) is 37.4 Å². The van der Waals surface area contributed by atoms with Gasteiger partial charge in [0.25, 0.3) is 0 Å². The van der Waals surface area contributed by atoms with Crippen LogP contribution in [0.25, 0.3) is 0 Å². The number of hydrogen-bond donors (Lipinski definition) is 1. The molecule has 0 radical (unpaired) electrons. The summed E-state index contributed by atoms with van der Waals surface area (Å²) in [6, 6.07) is 0. The first-order valence-electron chi connectivity index (χ1n) is 7.02. The van der Waals surface area contributed by atoms with Crippen molar-refractivity contribution in [3.05, 3.63) is 0 Å². The van der Waals surface area contributed by atoms with Crippen molar-refractivity contribution in [3.8, 4) is 0 Å². The molecule has 0 aliphatic carbocycles. The van der Waals surface area contributed by atoms with Crippen LogP contribution in [0, 0.1) is 0 Å². The minimum Gasteiger partial charge on any atom is -0.417 e. The first-order valence-corrected chi connectivity index (χ1v) is 9.93. The highest BCUT2D eigenvalue weighted by molar-refractivity contribution is 6.74. The van der Waals surface area contributed by atoms with Crippen LogP contribution in [0.3, 0.4) is 0 Å². The van der Waals surface area contributed by atoms with Gasteiger partial charge in [0.2, 0.25) is 0 Å². The van der Waals surface area contributed by atoms with Crippen molar-refractivity contribution in [2.24, 2.45) is 0 Å². The number of aliphatic hydroxyl groups excluding tert-OH is 1. The molecule has 0 heterocycles. The Morgan fingerprint density at radius 3 is 2.12 bits per heavy atom. The molecule has 1 atom stereocenters. The second-order valence-corrected chi connectivity index (χ2v) is 11.4. The van der Waals surface area contributed by atoms with Crippen molar-refractivity contribution in [1.82, 2.24) is 0 Å². The van der Waals surface area contributed by atoms with E-state index in [2.05, 4.69) is 40.8 Å². The smallest absolute Gasteiger partial charge is 0.191 e. The molecule has 0 fully saturated rings. The van der Waals surface area contributed by atoms with Gasteiger partial charge in [-0.15, -0.1) is 0 Å². The first kappa shape index (κ1) is 17.1. The summed E-state index contributed by atoms with van der Waals surface area (Å²) < 4.78 is 6.08. The summed E-state index contributed by atoms with van der Waals surface area (Å²) in [6.45, 7) is 14.3. The monoisotopic (exact) mass is 260 g/mol. The molecule has 0 rings (SSSR count). The van der Waals surface area contributed by atoms with Gasteiger partial charge in [0, 0.05) is 6.61 Å². The van der Waals surface area contributed by atoms with Crippen molar-refractivity contribution in [1.29, 1.82) is 0 Å². The Labute approximate surface area is 109 Å². The summed E-state index contributed by atoms with van der Waals surface area (Å²) in [5.74, 6) is 0. The predicted molar refractivity (Wildman–Crippen MR) is 77.9 cm³/mol. The standard InChI is InChI=1S/C14H32O2Si/c1-7-8-10-13(15)11-9-12-16-17(5,6)14(2,3)4/h13,15H,7-12H2,1-6H3. The minimum atomic E-state index is -1.58. The maximum Gasteiger partial charge on any atom is 0.191 e. The van der Waals surface area contributed by atoms with Gasteiger partial charge in [0.15, 0.2) is 8.32 Å². The molecule has 104 valence electrons. The van der Waals surface area contributed by atoms with E-state index in [1.54, 1.807) is 0 Å². The van der Waals surface area contributed by atoms with Gasteiger partial charge in [0.05, 0.1) is 6.10 Å². The van der Waals surface area contributed by atoms with Crippen LogP contribution in [0.4, 0.5) is 0 Å². The van der Waals surface area contributed by atoms with Gasteiger partial charge in [-0.25, -0.2) is 0 Å². The fourth-order valence-electron chi connectivity index (χ4n) is 1.45. The van der Waals surface area contributed by atoms with E-state index in [0.717, 1.165) is 38.7 Å². The van der Waals surface area contributed by atoms with E-state index in [0.29, 0.717) is 0 Å². The van der Waals surface area contributed by atoms with Crippen LogP contribution in [-0.4, -0.2) is 26.1 Å². The first-order chi connectivity index (χ1) is 7.70. The zero-order valence-electron chi connectivity index (χ0n) is 12.7. The topological polar surface area (TPSA) is 29.5 Å². The largest absolute Gasteiger partial charge is 0.417 e. The molecule has 3 heteroatoms. The van der Waals surface area contributed by atoms with Crippen molar-refractivity contribution in [2.75, 3.05) is 6.61 Å². The fraction of sp³-hybridized carbons (Fsp3) is 1.00. The fourth-order valence-corrected chi connectivity index (χ4v) is 2.53. The van der Waals surface area contributed by atoms with Gasteiger partial charge >= 0.3 is 0 Å². The molecule has 1 unspecified atom stereocenters. The van der Waals surface area contributed by atoms with Crippen LogP contribution in [0.1, 0.15) is 59.8 Å². The lowest BCUT2D eigenvalue weighted by Gasteiger charge is -2.36. The third-order valence-electron chi connectivity index (χ3n) is 3.84. The Kier molecular flexibility index (Phi) is 7.61. The van der Waals surface area contributed by atoms with Crippen LogP contribution in [0.5, 0.6) is 0 Å². The normalized spacial score (nSPS) is 15.0. The van der Waals surface area contributed by atoms with Crippen molar-refractivity contribution in [2.45, 2.75) is 84.0 Å². The van der Waals surface area contributed by atoms with Crippen molar-refractivity contribution < 1.29 is 9.53 Å². The summed E-state index contributed by atoms with van der Waals surface area (Å²) in [5, 5.41) is 10.0. The van der Waals surface area contributed by atoms with E-state index in [1.807, 2.05) is 0 Å². The zero-order chi connectivity index (χ0) is 13.5. The molecule has 0 aliphatic heterocycles. The van der Waals surface area contributed by atoms with E-state index in [9.17, 15) is 5.11 Å². The third-order valence-corrected chi connectivity index (χ3v) is 8.38. The number of hydrogen-bond acceptors (Lipinski definition) is 2. The molecule has 2 nitrogen and oxygen atoms in total. The maximum absolute atomic E-state index is 9.73. The molecule has 0 amide bonds. The summed E-state index contributed by atoms with van der Waals surface area (Å²) in [4.78, 5) is 0. The Morgan fingerprint density at radius 1 is 1.12 bits per heavy atom. The average Bonchev–Trinajstić information content (AvgIpc) is 2.20. The average molecular weight is 260 g/mol. The van der Waals surface area contributed by atoms with E-state index in [1.165, 1.54) is 0 Å². The summed E-state index contributed by atoms with van der Waals surface area (Å²) in [5.41, 5.74) is 0. The third kappa shape index (κ3) is 7.22. The number of rotatable bonds is 8. The SMILES string of the molecule is CCCCC(O)CCCO[Si](C)(C)C(C)(C)C. The molecule has 0 aromatic rings. The Bertz CT molecular complexity index is 197. The highest BCUT2D eigenvalue weighted by Crippen LogP contribution is 2.36. The second-order valence-electron chi connectivity index (χ2n) is 6.55. The Morgan fingerprint density at radius 2 is 1.65 bits per heavy atom. The van der Waals surface area contributed by atoms with Crippen molar-refractivity contribution in [3.63, 3.8) is 0 Å². The lowest BCUT2D eigenvalue weighted by atomic mass is 10.1. The Hall–Kier alpha value is 0.137. The van der Waals surface area contributed by atoms with Gasteiger partial charge in [-0.2, -0.15) is 0 Å². The lowest BCUT2D eigenvalue weighted by molar-refractivity contribution is 0.139. The molecule has 17 heavy (non-hydrogen) atoms. The second kappa shape index (κ2) is 7.55. The van der Waals surface area contributed by atoms with Crippen LogP contribution >= 0.6 is 0 Å². The quantitative estimate of drug-likeness (QED) is 0.519. The van der Waals surface area contributed by atoms with Crippen LogP contribution in [-0.2, 0) is 4.43 Å². The van der Waals surface area contributed by atoms with E-state index in [-0.39, 0.29) is 11.1 Å². The molecule has 0 aromatic carbocycles. The molecule has 0 saturated heterocycles.